The Bertz CT molecular complexity index is 260. The van der Waals surface area contributed by atoms with Crippen LogP contribution in [-0.2, 0) is 0 Å². The molecule has 0 fully saturated rings. The summed E-state index contributed by atoms with van der Waals surface area (Å²) in [5, 5.41) is 0. The zero-order chi connectivity index (χ0) is 8.43. The van der Waals surface area contributed by atoms with E-state index in [0.29, 0.717) is 17.4 Å². The number of rotatable bonds is 2. The van der Waals surface area contributed by atoms with Gasteiger partial charge in [0.05, 0.1) is 5.70 Å². The van der Waals surface area contributed by atoms with Crippen LogP contribution < -0.4 is 5.73 Å². The third kappa shape index (κ3) is 1.64. The Hall–Kier alpha value is -1.18. The largest absolute Gasteiger partial charge is 0.459 e. The smallest absolute Gasteiger partial charge is 0.149 e. The highest BCUT2D eigenvalue weighted by molar-refractivity contribution is 5.54. The third-order valence-corrected chi connectivity index (χ3v) is 1.51. The van der Waals surface area contributed by atoms with E-state index in [2.05, 4.69) is 20.4 Å². The zero-order valence-corrected chi connectivity index (χ0v) is 6.92. The van der Waals surface area contributed by atoms with Crippen molar-refractivity contribution in [3.05, 3.63) is 30.2 Å². The lowest BCUT2D eigenvalue weighted by Crippen LogP contribution is -1.90. The normalized spacial score (nSPS) is 10.5. The molecule has 0 aliphatic carbocycles. The van der Waals surface area contributed by atoms with Gasteiger partial charge in [0, 0.05) is 5.92 Å². The maximum atomic E-state index is 5.44. The molecule has 0 spiro atoms. The average Bonchev–Trinajstić information content (AvgIpc) is 2.33. The maximum Gasteiger partial charge on any atom is 0.149 e. The van der Waals surface area contributed by atoms with Crippen LogP contribution in [0.2, 0.25) is 0 Å². The van der Waals surface area contributed by atoms with Crippen LogP contribution in [0.15, 0.2) is 23.1 Å². The number of hydrogen-bond donors (Lipinski definition) is 1. The Morgan fingerprint density at radius 3 is 2.45 bits per heavy atom. The second-order valence-corrected chi connectivity index (χ2v) is 2.88. The molecule has 11 heavy (non-hydrogen) atoms. The van der Waals surface area contributed by atoms with E-state index in [1.54, 1.807) is 0 Å². The molecule has 1 rings (SSSR count). The summed E-state index contributed by atoms with van der Waals surface area (Å²) in [4.78, 5) is 0. The summed E-state index contributed by atoms with van der Waals surface area (Å²) in [6.45, 7) is 7.72. The molecule has 0 atom stereocenters. The molecule has 0 unspecified atom stereocenters. The van der Waals surface area contributed by atoms with Gasteiger partial charge in [0.2, 0.25) is 0 Å². The van der Waals surface area contributed by atoms with Crippen molar-refractivity contribution in [3.63, 3.8) is 0 Å². The van der Waals surface area contributed by atoms with Crippen molar-refractivity contribution in [3.8, 4) is 0 Å². The Balaban J connectivity index is 2.90. The molecule has 0 aliphatic heterocycles. The number of hydrogen-bond acceptors (Lipinski definition) is 2. The van der Waals surface area contributed by atoms with Crippen LogP contribution in [-0.4, -0.2) is 0 Å². The molecule has 60 valence electrons. The first-order chi connectivity index (χ1) is 5.11. The van der Waals surface area contributed by atoms with Crippen LogP contribution in [0.5, 0.6) is 0 Å². The van der Waals surface area contributed by atoms with Gasteiger partial charge in [-0.2, -0.15) is 0 Å². The molecule has 2 heteroatoms. The molecule has 1 aromatic rings. The molecule has 2 N–H and O–H groups in total. The third-order valence-electron chi connectivity index (χ3n) is 1.51. The Labute approximate surface area is 66.7 Å². The standard InChI is InChI=1S/C9H13NO/c1-6(2)8-4-5-9(11-8)7(3)10/h4-6H,3,10H2,1-2H3. The van der Waals surface area contributed by atoms with Crippen LogP contribution in [0.4, 0.5) is 0 Å². The highest BCUT2D eigenvalue weighted by Crippen LogP contribution is 2.19. The van der Waals surface area contributed by atoms with Crippen molar-refractivity contribution >= 4 is 5.70 Å². The molecular formula is C9H13NO. The molecule has 2 nitrogen and oxygen atoms in total. The minimum atomic E-state index is 0.406. The summed E-state index contributed by atoms with van der Waals surface area (Å²) >= 11 is 0. The molecule has 1 aromatic heterocycles. The van der Waals surface area contributed by atoms with E-state index in [1.165, 1.54) is 0 Å². The lowest BCUT2D eigenvalue weighted by atomic mass is 10.2. The van der Waals surface area contributed by atoms with E-state index >= 15 is 0 Å². The fourth-order valence-corrected chi connectivity index (χ4v) is 0.836. The Morgan fingerprint density at radius 1 is 1.55 bits per heavy atom. The van der Waals surface area contributed by atoms with Gasteiger partial charge in [-0.25, -0.2) is 0 Å². The second kappa shape index (κ2) is 2.82. The summed E-state index contributed by atoms with van der Waals surface area (Å²) in [5.74, 6) is 2.03. The second-order valence-electron chi connectivity index (χ2n) is 2.88. The minimum Gasteiger partial charge on any atom is -0.459 e. The van der Waals surface area contributed by atoms with Crippen LogP contribution in [0, 0.1) is 0 Å². The van der Waals surface area contributed by atoms with E-state index < -0.39 is 0 Å². The minimum absolute atomic E-state index is 0.406. The Morgan fingerprint density at radius 2 is 2.18 bits per heavy atom. The maximum absolute atomic E-state index is 5.44. The molecule has 0 saturated carbocycles. The van der Waals surface area contributed by atoms with Crippen molar-refractivity contribution in [2.24, 2.45) is 5.73 Å². The molecule has 0 bridgehead atoms. The molecule has 0 aromatic carbocycles. The fourth-order valence-electron chi connectivity index (χ4n) is 0.836. The Kier molecular flexibility index (Phi) is 2.03. The van der Waals surface area contributed by atoms with Gasteiger partial charge in [-0.15, -0.1) is 0 Å². The number of nitrogens with two attached hydrogens (primary N) is 1. The summed E-state index contributed by atoms with van der Waals surface area (Å²) in [6.07, 6.45) is 0. The van der Waals surface area contributed by atoms with Gasteiger partial charge in [0.25, 0.3) is 0 Å². The van der Waals surface area contributed by atoms with Gasteiger partial charge in [-0.05, 0) is 12.1 Å². The summed E-state index contributed by atoms with van der Waals surface area (Å²) in [5.41, 5.74) is 5.92. The highest BCUT2D eigenvalue weighted by atomic mass is 16.3. The predicted octanol–water partition coefficient (Wildman–Crippen LogP) is 2.33. The van der Waals surface area contributed by atoms with Crippen molar-refractivity contribution in [1.29, 1.82) is 0 Å². The topological polar surface area (TPSA) is 39.2 Å². The van der Waals surface area contributed by atoms with E-state index in [-0.39, 0.29) is 0 Å². The molecule has 0 saturated heterocycles. The van der Waals surface area contributed by atoms with Gasteiger partial charge >= 0.3 is 0 Å². The van der Waals surface area contributed by atoms with Gasteiger partial charge < -0.3 is 10.2 Å². The summed E-state index contributed by atoms with van der Waals surface area (Å²) in [7, 11) is 0. The number of furan rings is 1. The van der Waals surface area contributed by atoms with Crippen molar-refractivity contribution in [1.82, 2.24) is 0 Å². The first kappa shape index (κ1) is 7.92. The summed E-state index contributed by atoms with van der Waals surface area (Å²) < 4.78 is 5.38. The van der Waals surface area contributed by atoms with E-state index in [1.807, 2.05) is 12.1 Å². The van der Waals surface area contributed by atoms with Crippen molar-refractivity contribution in [2.45, 2.75) is 19.8 Å². The van der Waals surface area contributed by atoms with Crippen LogP contribution in [0.1, 0.15) is 31.3 Å². The SMILES string of the molecule is C=C(N)c1ccc(C(C)C)o1. The van der Waals surface area contributed by atoms with Crippen LogP contribution in [0.25, 0.3) is 5.70 Å². The van der Waals surface area contributed by atoms with Gasteiger partial charge in [-0.1, -0.05) is 20.4 Å². The predicted molar refractivity (Wildman–Crippen MR) is 46.0 cm³/mol. The average molecular weight is 151 g/mol. The van der Waals surface area contributed by atoms with Crippen LogP contribution >= 0.6 is 0 Å². The van der Waals surface area contributed by atoms with E-state index in [0.717, 1.165) is 5.76 Å². The van der Waals surface area contributed by atoms with Gasteiger partial charge in [0.15, 0.2) is 0 Å². The lowest BCUT2D eigenvalue weighted by Gasteiger charge is -1.98. The first-order valence-electron chi connectivity index (χ1n) is 3.65. The molecular weight excluding hydrogens is 138 g/mol. The van der Waals surface area contributed by atoms with Gasteiger partial charge in [-0.3, -0.25) is 0 Å². The molecule has 0 amide bonds. The van der Waals surface area contributed by atoms with Crippen molar-refractivity contribution < 1.29 is 4.42 Å². The monoisotopic (exact) mass is 151 g/mol. The zero-order valence-electron chi connectivity index (χ0n) is 6.92. The van der Waals surface area contributed by atoms with Crippen molar-refractivity contribution in [2.75, 3.05) is 0 Å². The summed E-state index contributed by atoms with van der Waals surface area (Å²) in [6, 6.07) is 3.77. The highest BCUT2D eigenvalue weighted by Gasteiger charge is 2.05. The van der Waals surface area contributed by atoms with E-state index in [9.17, 15) is 0 Å². The molecule has 0 aliphatic rings. The van der Waals surface area contributed by atoms with Crippen LogP contribution in [0.3, 0.4) is 0 Å². The quantitative estimate of drug-likeness (QED) is 0.704. The fraction of sp³-hybridized carbons (Fsp3) is 0.333. The first-order valence-corrected chi connectivity index (χ1v) is 3.65. The lowest BCUT2D eigenvalue weighted by molar-refractivity contribution is 0.476. The molecule has 1 heterocycles. The van der Waals surface area contributed by atoms with Gasteiger partial charge in [0.1, 0.15) is 11.5 Å². The van der Waals surface area contributed by atoms with E-state index in [4.69, 9.17) is 10.2 Å². The molecule has 0 radical (unpaired) electrons.